The lowest BCUT2D eigenvalue weighted by Gasteiger charge is -2.31. The zero-order valence-electron chi connectivity index (χ0n) is 13.6. The second kappa shape index (κ2) is 6.84. The van der Waals surface area contributed by atoms with E-state index in [9.17, 15) is 4.79 Å². The Bertz CT molecular complexity index is 748. The highest BCUT2D eigenvalue weighted by atomic mass is 16.7. The van der Waals surface area contributed by atoms with Crippen molar-refractivity contribution in [1.82, 2.24) is 14.9 Å². The highest BCUT2D eigenvalue weighted by molar-refractivity contribution is 5.89. The highest BCUT2D eigenvalue weighted by Gasteiger charge is 2.25. The van der Waals surface area contributed by atoms with Crippen LogP contribution in [0.2, 0.25) is 0 Å². The Morgan fingerprint density at radius 3 is 2.72 bits per heavy atom. The van der Waals surface area contributed by atoms with Crippen molar-refractivity contribution >= 4 is 11.7 Å². The van der Waals surface area contributed by atoms with E-state index < -0.39 is 0 Å². The third kappa shape index (κ3) is 3.57. The van der Waals surface area contributed by atoms with Crippen LogP contribution in [-0.2, 0) is 0 Å². The van der Waals surface area contributed by atoms with Crippen LogP contribution in [0.5, 0.6) is 17.5 Å². The van der Waals surface area contributed by atoms with Crippen molar-refractivity contribution < 1.29 is 19.0 Å². The summed E-state index contributed by atoms with van der Waals surface area (Å²) in [4.78, 5) is 22.3. The van der Waals surface area contributed by atoms with Gasteiger partial charge in [0.05, 0.1) is 0 Å². The number of ether oxygens (including phenoxy) is 3. The molecule has 4 rings (SSSR count). The summed E-state index contributed by atoms with van der Waals surface area (Å²) in [6.45, 7) is 1.45. The average Bonchev–Trinajstić information content (AvgIpc) is 3.11. The molecule has 25 heavy (non-hydrogen) atoms. The number of likely N-dealkylation sites (tertiary alicyclic amines) is 1. The van der Waals surface area contributed by atoms with Crippen LogP contribution < -0.4 is 19.5 Å². The van der Waals surface area contributed by atoms with Gasteiger partial charge in [-0.25, -0.2) is 14.8 Å². The minimum atomic E-state index is -0.131. The first-order valence-electron chi connectivity index (χ1n) is 8.17. The monoisotopic (exact) mass is 342 g/mol. The summed E-state index contributed by atoms with van der Waals surface area (Å²) in [5.41, 5.74) is 0.685. The minimum absolute atomic E-state index is 0.0250. The molecule has 0 atom stereocenters. The maximum atomic E-state index is 12.4. The van der Waals surface area contributed by atoms with E-state index >= 15 is 0 Å². The van der Waals surface area contributed by atoms with E-state index in [1.54, 1.807) is 41.6 Å². The van der Waals surface area contributed by atoms with E-state index in [-0.39, 0.29) is 18.9 Å². The number of hydrogen-bond donors (Lipinski definition) is 1. The SMILES string of the molecule is O=C(Nc1ccc2c(c1)OCO2)N1CCC(Oc2ncccn2)CC1. The molecule has 2 aliphatic rings. The van der Waals surface area contributed by atoms with Gasteiger partial charge in [0.25, 0.3) is 0 Å². The second-order valence-corrected chi connectivity index (χ2v) is 5.83. The first-order valence-corrected chi connectivity index (χ1v) is 8.17. The maximum absolute atomic E-state index is 12.4. The van der Waals surface area contributed by atoms with E-state index in [1.165, 1.54) is 0 Å². The summed E-state index contributed by atoms with van der Waals surface area (Å²) < 4.78 is 16.3. The number of anilines is 1. The largest absolute Gasteiger partial charge is 0.460 e. The van der Waals surface area contributed by atoms with Gasteiger partial charge < -0.3 is 24.4 Å². The molecule has 3 heterocycles. The van der Waals surface area contributed by atoms with E-state index in [0.717, 1.165) is 12.8 Å². The Labute approximate surface area is 144 Å². The van der Waals surface area contributed by atoms with E-state index in [0.29, 0.717) is 36.3 Å². The molecule has 0 spiro atoms. The molecule has 8 nitrogen and oxygen atoms in total. The summed E-state index contributed by atoms with van der Waals surface area (Å²) in [5, 5.41) is 2.89. The Balaban J connectivity index is 1.29. The smallest absolute Gasteiger partial charge is 0.321 e. The number of nitrogens with zero attached hydrogens (tertiary/aromatic N) is 3. The van der Waals surface area contributed by atoms with Crippen LogP contribution in [0, 0.1) is 0 Å². The van der Waals surface area contributed by atoms with Gasteiger partial charge in [0.15, 0.2) is 11.5 Å². The summed E-state index contributed by atoms with van der Waals surface area (Å²) in [5.74, 6) is 1.34. The molecular formula is C17H18N4O4. The van der Waals surface area contributed by atoms with Crippen molar-refractivity contribution in [2.75, 3.05) is 25.2 Å². The molecule has 1 aromatic carbocycles. The lowest BCUT2D eigenvalue weighted by molar-refractivity contribution is 0.107. The van der Waals surface area contributed by atoms with Crippen molar-refractivity contribution in [3.8, 4) is 17.5 Å². The number of carbonyl (C=O) groups is 1. The fourth-order valence-corrected chi connectivity index (χ4v) is 2.85. The third-order valence-electron chi connectivity index (χ3n) is 4.17. The molecule has 0 aliphatic carbocycles. The molecule has 1 aromatic heterocycles. The first-order chi connectivity index (χ1) is 12.3. The van der Waals surface area contributed by atoms with Gasteiger partial charge in [-0.2, -0.15) is 0 Å². The normalized spacial score (nSPS) is 16.6. The number of piperidine rings is 1. The molecule has 2 amide bonds. The summed E-state index contributed by atoms with van der Waals surface area (Å²) >= 11 is 0. The lowest BCUT2D eigenvalue weighted by atomic mass is 10.1. The van der Waals surface area contributed by atoms with Crippen LogP contribution >= 0.6 is 0 Å². The molecule has 1 fully saturated rings. The van der Waals surface area contributed by atoms with Crippen LogP contribution in [0.15, 0.2) is 36.7 Å². The number of amides is 2. The quantitative estimate of drug-likeness (QED) is 0.921. The number of hydrogen-bond acceptors (Lipinski definition) is 6. The van der Waals surface area contributed by atoms with Gasteiger partial charge in [-0.3, -0.25) is 0 Å². The zero-order chi connectivity index (χ0) is 17.1. The standard InChI is InChI=1S/C17H18N4O4/c22-17(20-12-2-3-14-15(10-12)24-11-23-14)21-8-4-13(5-9-21)25-16-18-6-1-7-19-16/h1-3,6-7,10,13H,4-5,8-9,11H2,(H,20,22). The minimum Gasteiger partial charge on any atom is -0.460 e. The zero-order valence-corrected chi connectivity index (χ0v) is 13.6. The summed E-state index contributed by atoms with van der Waals surface area (Å²) in [6.07, 6.45) is 4.81. The van der Waals surface area contributed by atoms with Gasteiger partial charge in [-0.05, 0) is 18.2 Å². The Morgan fingerprint density at radius 2 is 1.92 bits per heavy atom. The second-order valence-electron chi connectivity index (χ2n) is 5.83. The van der Waals surface area contributed by atoms with Crippen molar-refractivity contribution in [3.63, 3.8) is 0 Å². The summed E-state index contributed by atoms with van der Waals surface area (Å²) in [7, 11) is 0. The van der Waals surface area contributed by atoms with Gasteiger partial charge in [0, 0.05) is 50.1 Å². The Hall–Kier alpha value is -3.03. The Kier molecular flexibility index (Phi) is 4.24. The van der Waals surface area contributed by atoms with Gasteiger partial charge in [0.2, 0.25) is 6.79 Å². The first kappa shape index (κ1) is 15.5. The molecular weight excluding hydrogens is 324 g/mol. The number of aromatic nitrogens is 2. The Morgan fingerprint density at radius 1 is 1.16 bits per heavy atom. The van der Waals surface area contributed by atoms with Crippen LogP contribution in [0.25, 0.3) is 0 Å². The molecule has 2 aliphatic heterocycles. The van der Waals surface area contributed by atoms with E-state index in [2.05, 4.69) is 15.3 Å². The predicted octanol–water partition coefficient (Wildman–Crippen LogP) is 2.28. The summed E-state index contributed by atoms with van der Waals surface area (Å²) in [6, 6.07) is 7.35. The molecule has 130 valence electrons. The molecule has 0 saturated carbocycles. The topological polar surface area (TPSA) is 85.8 Å². The number of nitrogens with one attached hydrogen (secondary N) is 1. The van der Waals surface area contributed by atoms with Gasteiger partial charge in [0.1, 0.15) is 6.10 Å². The number of urea groups is 1. The predicted molar refractivity (Wildman–Crippen MR) is 88.8 cm³/mol. The number of carbonyl (C=O) groups excluding carboxylic acids is 1. The molecule has 1 saturated heterocycles. The highest BCUT2D eigenvalue weighted by Crippen LogP contribution is 2.34. The third-order valence-corrected chi connectivity index (χ3v) is 4.17. The van der Waals surface area contributed by atoms with Crippen molar-refractivity contribution in [1.29, 1.82) is 0 Å². The maximum Gasteiger partial charge on any atom is 0.321 e. The van der Waals surface area contributed by atoms with Crippen LogP contribution in [0.1, 0.15) is 12.8 Å². The number of fused-ring (bicyclic) bond motifs is 1. The fraction of sp³-hybridized carbons (Fsp3) is 0.353. The van der Waals surface area contributed by atoms with Crippen molar-refractivity contribution in [2.24, 2.45) is 0 Å². The number of rotatable bonds is 3. The van der Waals surface area contributed by atoms with Crippen LogP contribution in [0.3, 0.4) is 0 Å². The van der Waals surface area contributed by atoms with Gasteiger partial charge in [-0.15, -0.1) is 0 Å². The van der Waals surface area contributed by atoms with Gasteiger partial charge in [-0.1, -0.05) is 0 Å². The molecule has 0 unspecified atom stereocenters. The number of benzene rings is 1. The molecule has 1 N–H and O–H groups in total. The van der Waals surface area contributed by atoms with E-state index in [4.69, 9.17) is 14.2 Å². The molecule has 0 bridgehead atoms. The van der Waals surface area contributed by atoms with E-state index in [1.807, 2.05) is 0 Å². The molecule has 2 aromatic rings. The lowest BCUT2D eigenvalue weighted by Crippen LogP contribution is -2.43. The van der Waals surface area contributed by atoms with Crippen LogP contribution in [0.4, 0.5) is 10.5 Å². The van der Waals surface area contributed by atoms with Crippen molar-refractivity contribution in [3.05, 3.63) is 36.7 Å². The fourth-order valence-electron chi connectivity index (χ4n) is 2.85. The molecule has 0 radical (unpaired) electrons. The average molecular weight is 342 g/mol. The van der Waals surface area contributed by atoms with Crippen LogP contribution in [-0.4, -0.2) is 46.9 Å². The molecule has 8 heteroatoms. The van der Waals surface area contributed by atoms with Gasteiger partial charge >= 0.3 is 12.0 Å². The van der Waals surface area contributed by atoms with Crippen molar-refractivity contribution in [2.45, 2.75) is 18.9 Å².